The molecule has 1 fully saturated rings. The predicted octanol–water partition coefficient (Wildman–Crippen LogP) is 4.07. The van der Waals surface area contributed by atoms with Crippen molar-refractivity contribution < 1.29 is 9.72 Å². The molecule has 1 aliphatic heterocycles. The molecule has 148 valence electrons. The molecular formula is C20H23ClN4O3. The summed E-state index contributed by atoms with van der Waals surface area (Å²) in [5, 5.41) is 17.6. The van der Waals surface area contributed by atoms with E-state index in [1.54, 1.807) is 0 Å². The Labute approximate surface area is 168 Å². The highest BCUT2D eigenvalue weighted by Crippen LogP contribution is 2.32. The van der Waals surface area contributed by atoms with Gasteiger partial charge in [-0.3, -0.25) is 19.8 Å². The number of non-ortho nitro benzene ring substituents is 1. The summed E-state index contributed by atoms with van der Waals surface area (Å²) in [6, 6.07) is 12.5. The summed E-state index contributed by atoms with van der Waals surface area (Å²) in [7, 11) is 0. The molecule has 0 aliphatic carbocycles. The van der Waals surface area contributed by atoms with Crippen molar-refractivity contribution in [3.8, 4) is 0 Å². The van der Waals surface area contributed by atoms with Crippen LogP contribution in [-0.2, 0) is 4.79 Å². The molecular weight excluding hydrogens is 380 g/mol. The number of anilines is 2. The summed E-state index contributed by atoms with van der Waals surface area (Å²) in [5.41, 5.74) is 2.29. The third-order valence-electron chi connectivity index (χ3n) is 4.84. The van der Waals surface area contributed by atoms with Gasteiger partial charge in [0.25, 0.3) is 5.69 Å². The van der Waals surface area contributed by atoms with Crippen molar-refractivity contribution in [1.29, 1.82) is 0 Å². The Morgan fingerprint density at radius 2 is 1.93 bits per heavy atom. The lowest BCUT2D eigenvalue weighted by Gasteiger charge is -2.32. The van der Waals surface area contributed by atoms with E-state index in [0.29, 0.717) is 11.6 Å². The number of halogens is 1. The van der Waals surface area contributed by atoms with Gasteiger partial charge in [0.1, 0.15) is 0 Å². The molecule has 0 atom stereocenters. The number of nitro groups is 1. The molecule has 2 aromatic rings. The minimum absolute atomic E-state index is 0.00713. The molecule has 0 bridgehead atoms. The number of carbonyl (C=O) groups excluding carboxylic acids is 1. The summed E-state index contributed by atoms with van der Waals surface area (Å²) >= 11 is 6.24. The molecule has 28 heavy (non-hydrogen) atoms. The van der Waals surface area contributed by atoms with Gasteiger partial charge in [0.2, 0.25) is 5.91 Å². The van der Waals surface area contributed by atoms with Crippen LogP contribution in [0.3, 0.4) is 0 Å². The highest BCUT2D eigenvalue weighted by molar-refractivity contribution is 6.33. The predicted molar refractivity (Wildman–Crippen MR) is 111 cm³/mol. The number of benzene rings is 2. The van der Waals surface area contributed by atoms with Gasteiger partial charge >= 0.3 is 0 Å². The molecule has 1 amide bonds. The molecule has 1 aliphatic rings. The van der Waals surface area contributed by atoms with Gasteiger partial charge in [-0.25, -0.2) is 0 Å². The third-order valence-corrected chi connectivity index (χ3v) is 5.14. The second-order valence-electron chi connectivity index (χ2n) is 6.99. The van der Waals surface area contributed by atoms with Crippen molar-refractivity contribution in [3.63, 3.8) is 0 Å². The van der Waals surface area contributed by atoms with E-state index >= 15 is 0 Å². The van der Waals surface area contributed by atoms with Crippen LogP contribution in [0.4, 0.5) is 17.1 Å². The molecule has 7 nitrogen and oxygen atoms in total. The summed E-state index contributed by atoms with van der Waals surface area (Å²) in [5.74, 6) is -0.0214. The average Bonchev–Trinajstić information content (AvgIpc) is 2.66. The van der Waals surface area contributed by atoms with Crippen LogP contribution in [0.1, 0.15) is 18.4 Å². The van der Waals surface area contributed by atoms with Crippen LogP contribution in [0.2, 0.25) is 5.02 Å². The van der Waals surface area contributed by atoms with E-state index in [4.69, 9.17) is 11.6 Å². The van der Waals surface area contributed by atoms with Gasteiger partial charge in [0, 0.05) is 37.0 Å². The number of amides is 1. The fourth-order valence-electron chi connectivity index (χ4n) is 3.38. The lowest BCUT2D eigenvalue weighted by atomic mass is 10.0. The van der Waals surface area contributed by atoms with Crippen molar-refractivity contribution in [3.05, 3.63) is 63.2 Å². The maximum Gasteiger partial charge on any atom is 0.271 e. The normalized spacial score (nSPS) is 15.2. The second kappa shape index (κ2) is 9.03. The number of rotatable bonds is 6. The molecule has 0 saturated carbocycles. The molecule has 8 heteroatoms. The van der Waals surface area contributed by atoms with Crippen LogP contribution in [0.15, 0.2) is 42.5 Å². The lowest BCUT2D eigenvalue weighted by molar-refractivity contribution is -0.384. The largest absolute Gasteiger partial charge is 0.381 e. The first-order chi connectivity index (χ1) is 13.4. The molecule has 2 aromatic carbocycles. The summed E-state index contributed by atoms with van der Waals surface area (Å²) in [6.45, 7) is 3.76. The number of para-hydroxylation sites is 1. The highest BCUT2D eigenvalue weighted by Gasteiger charge is 2.22. The second-order valence-corrected chi connectivity index (χ2v) is 7.39. The molecule has 0 unspecified atom stereocenters. The zero-order chi connectivity index (χ0) is 20.1. The number of hydrogen-bond donors (Lipinski definition) is 2. The Bertz CT molecular complexity index is 829. The van der Waals surface area contributed by atoms with Gasteiger partial charge in [-0.15, -0.1) is 0 Å². The monoisotopic (exact) mass is 402 g/mol. The molecule has 1 heterocycles. The van der Waals surface area contributed by atoms with Gasteiger partial charge in [0.05, 0.1) is 22.2 Å². The number of nitrogens with zero attached hydrogens (tertiary/aromatic N) is 2. The fourth-order valence-corrected chi connectivity index (χ4v) is 3.69. The number of carbonyl (C=O) groups is 1. The van der Waals surface area contributed by atoms with Gasteiger partial charge in [-0.2, -0.15) is 0 Å². The van der Waals surface area contributed by atoms with E-state index in [9.17, 15) is 14.9 Å². The zero-order valence-electron chi connectivity index (χ0n) is 15.7. The van der Waals surface area contributed by atoms with Gasteiger partial charge < -0.3 is 10.6 Å². The van der Waals surface area contributed by atoms with Crippen LogP contribution in [0, 0.1) is 17.0 Å². The first-order valence-electron chi connectivity index (χ1n) is 9.20. The zero-order valence-corrected chi connectivity index (χ0v) is 16.4. The van der Waals surface area contributed by atoms with Crippen LogP contribution in [0.5, 0.6) is 0 Å². The standard InChI is InChI=1S/C20H23ClN4O3/c1-14-11-17(25(27)28)12-18(21)20(14)23-16-7-9-24(10-8-16)13-19(26)22-15-5-3-2-4-6-15/h2-6,11-12,16,23H,7-10,13H2,1H3,(H,22,26). The molecule has 1 saturated heterocycles. The Hall–Kier alpha value is -2.64. The van der Waals surface area contributed by atoms with E-state index in [1.807, 2.05) is 37.3 Å². The summed E-state index contributed by atoms with van der Waals surface area (Å²) < 4.78 is 0. The first-order valence-corrected chi connectivity index (χ1v) is 9.58. The Morgan fingerprint density at radius 1 is 1.25 bits per heavy atom. The maximum atomic E-state index is 12.2. The first kappa shape index (κ1) is 20.1. The molecule has 0 radical (unpaired) electrons. The number of nitro benzene ring substituents is 1. The minimum atomic E-state index is -0.443. The molecule has 0 aromatic heterocycles. The van der Waals surface area contributed by atoms with Crippen LogP contribution < -0.4 is 10.6 Å². The topological polar surface area (TPSA) is 87.5 Å². The lowest BCUT2D eigenvalue weighted by Crippen LogP contribution is -2.42. The van der Waals surface area contributed by atoms with Crippen molar-refractivity contribution in [2.75, 3.05) is 30.3 Å². The van der Waals surface area contributed by atoms with Gasteiger partial charge in [-0.1, -0.05) is 29.8 Å². The highest BCUT2D eigenvalue weighted by atomic mass is 35.5. The van der Waals surface area contributed by atoms with Crippen LogP contribution in [-0.4, -0.2) is 41.4 Å². The Kier molecular flexibility index (Phi) is 6.49. The number of likely N-dealkylation sites (tertiary alicyclic amines) is 1. The molecule has 2 N–H and O–H groups in total. The molecule has 0 spiro atoms. The number of hydrogen-bond acceptors (Lipinski definition) is 5. The van der Waals surface area contributed by atoms with Crippen molar-refractivity contribution in [2.24, 2.45) is 0 Å². The maximum absolute atomic E-state index is 12.2. The fraction of sp³-hybridized carbons (Fsp3) is 0.350. The van der Waals surface area contributed by atoms with Gasteiger partial charge in [-0.05, 0) is 37.5 Å². The quantitative estimate of drug-likeness (QED) is 0.561. The minimum Gasteiger partial charge on any atom is -0.381 e. The van der Waals surface area contributed by atoms with Crippen LogP contribution >= 0.6 is 11.6 Å². The average molecular weight is 403 g/mol. The van der Waals surface area contributed by atoms with E-state index in [1.165, 1.54) is 12.1 Å². The van der Waals surface area contributed by atoms with Crippen molar-refractivity contribution in [1.82, 2.24) is 4.90 Å². The number of piperidine rings is 1. The number of aryl methyl sites for hydroxylation is 1. The van der Waals surface area contributed by atoms with Gasteiger partial charge in [0.15, 0.2) is 0 Å². The summed E-state index contributed by atoms with van der Waals surface area (Å²) in [4.78, 5) is 24.8. The smallest absolute Gasteiger partial charge is 0.271 e. The summed E-state index contributed by atoms with van der Waals surface area (Å²) in [6.07, 6.45) is 1.73. The van der Waals surface area contributed by atoms with Crippen molar-refractivity contribution >= 4 is 34.6 Å². The van der Waals surface area contributed by atoms with E-state index in [2.05, 4.69) is 15.5 Å². The Morgan fingerprint density at radius 3 is 2.54 bits per heavy atom. The van der Waals surface area contributed by atoms with E-state index < -0.39 is 4.92 Å². The van der Waals surface area contributed by atoms with E-state index in [-0.39, 0.29) is 17.6 Å². The van der Waals surface area contributed by atoms with Crippen LogP contribution in [0.25, 0.3) is 0 Å². The Balaban J connectivity index is 1.50. The molecule has 3 rings (SSSR count). The number of nitrogens with one attached hydrogen (secondary N) is 2. The van der Waals surface area contributed by atoms with E-state index in [0.717, 1.165) is 42.9 Å². The third kappa shape index (κ3) is 5.21. The SMILES string of the molecule is Cc1cc([N+](=O)[O-])cc(Cl)c1NC1CCN(CC(=O)Nc2ccccc2)CC1. The van der Waals surface area contributed by atoms with Crippen molar-refractivity contribution in [2.45, 2.75) is 25.8 Å².